The molecule has 0 bridgehead atoms. The topological polar surface area (TPSA) is 117 Å². The number of nitrogens with zero attached hydrogens (tertiary/aromatic N) is 4. The van der Waals surface area contributed by atoms with Gasteiger partial charge < -0.3 is 19.7 Å². The van der Waals surface area contributed by atoms with Crippen molar-refractivity contribution >= 4 is 23.5 Å². The first-order chi connectivity index (χ1) is 18.5. The van der Waals surface area contributed by atoms with Gasteiger partial charge in [0.15, 0.2) is 0 Å². The van der Waals surface area contributed by atoms with Crippen LogP contribution in [-0.4, -0.2) is 53.0 Å². The van der Waals surface area contributed by atoms with Gasteiger partial charge in [0.2, 0.25) is 11.9 Å². The Morgan fingerprint density at radius 1 is 1.13 bits per heavy atom. The van der Waals surface area contributed by atoms with Gasteiger partial charge >= 0.3 is 5.97 Å². The van der Waals surface area contributed by atoms with Gasteiger partial charge in [0.1, 0.15) is 17.9 Å². The number of carbonyl (C=O) groups is 2. The number of carbonyl (C=O) groups excluding carboxylic acids is 2. The van der Waals surface area contributed by atoms with Crippen LogP contribution in [0.2, 0.25) is 0 Å². The molecule has 2 heterocycles. The van der Waals surface area contributed by atoms with E-state index in [4.69, 9.17) is 9.47 Å². The molecule has 4 rings (SSSR count). The van der Waals surface area contributed by atoms with Gasteiger partial charge in [0, 0.05) is 49.8 Å². The van der Waals surface area contributed by atoms with E-state index in [0.29, 0.717) is 48.0 Å². The molecule has 0 aliphatic carbocycles. The Morgan fingerprint density at radius 3 is 2.58 bits per heavy atom. The van der Waals surface area contributed by atoms with E-state index in [1.54, 1.807) is 48.7 Å². The molecule has 3 aromatic rings. The number of amides is 1. The summed E-state index contributed by atoms with van der Waals surface area (Å²) in [6, 6.07) is 16.2. The first-order valence-corrected chi connectivity index (χ1v) is 12.8. The third kappa shape index (κ3) is 6.65. The molecule has 2 aromatic carbocycles. The lowest BCUT2D eigenvalue weighted by atomic mass is 10.1. The lowest BCUT2D eigenvalue weighted by Gasteiger charge is -2.32. The zero-order valence-electron chi connectivity index (χ0n) is 21.6. The summed E-state index contributed by atoms with van der Waals surface area (Å²) in [6.45, 7) is 3.44. The Bertz CT molecular complexity index is 1310. The lowest BCUT2D eigenvalue weighted by Crippen LogP contribution is -2.41. The third-order valence-electron chi connectivity index (χ3n) is 6.45. The second kappa shape index (κ2) is 12.7. The van der Waals surface area contributed by atoms with Crippen LogP contribution in [0.5, 0.6) is 5.75 Å². The molecule has 0 unspecified atom stereocenters. The molecular formula is C29H31N5O4. The van der Waals surface area contributed by atoms with Gasteiger partial charge in [0.25, 0.3) is 0 Å². The predicted molar refractivity (Wildman–Crippen MR) is 143 cm³/mol. The number of hydrogen-bond donors (Lipinski definition) is 1. The summed E-state index contributed by atoms with van der Waals surface area (Å²) < 4.78 is 10.9. The Labute approximate surface area is 222 Å². The minimum atomic E-state index is -0.404. The van der Waals surface area contributed by atoms with E-state index in [2.05, 4.69) is 28.3 Å². The van der Waals surface area contributed by atoms with Crippen molar-refractivity contribution in [2.45, 2.75) is 45.1 Å². The molecule has 1 aliphatic heterocycles. The van der Waals surface area contributed by atoms with E-state index in [0.717, 1.165) is 36.9 Å². The van der Waals surface area contributed by atoms with Gasteiger partial charge in [0.05, 0.1) is 23.9 Å². The van der Waals surface area contributed by atoms with E-state index < -0.39 is 5.97 Å². The van der Waals surface area contributed by atoms with Crippen molar-refractivity contribution in [3.8, 4) is 23.1 Å². The van der Waals surface area contributed by atoms with Crippen LogP contribution >= 0.6 is 0 Å². The Morgan fingerprint density at radius 2 is 1.89 bits per heavy atom. The molecule has 0 atom stereocenters. The summed E-state index contributed by atoms with van der Waals surface area (Å²) in [5.74, 6) is 0.722. The van der Waals surface area contributed by atoms with E-state index in [1.807, 2.05) is 11.0 Å². The molecular weight excluding hydrogens is 482 g/mol. The number of piperidine rings is 1. The van der Waals surface area contributed by atoms with Crippen LogP contribution in [0.4, 0.5) is 11.6 Å². The van der Waals surface area contributed by atoms with E-state index in [-0.39, 0.29) is 12.0 Å². The molecule has 1 amide bonds. The third-order valence-corrected chi connectivity index (χ3v) is 6.45. The molecule has 9 heteroatoms. The smallest absolute Gasteiger partial charge is 0.337 e. The maximum atomic E-state index is 12.3. The minimum absolute atomic E-state index is 0.0383. The number of benzene rings is 2. The Hall–Kier alpha value is -4.45. The highest BCUT2D eigenvalue weighted by molar-refractivity contribution is 5.89. The fourth-order valence-electron chi connectivity index (χ4n) is 4.28. The van der Waals surface area contributed by atoms with Crippen LogP contribution in [0.1, 0.15) is 54.9 Å². The Balaban J connectivity index is 1.41. The maximum absolute atomic E-state index is 12.3. The van der Waals surface area contributed by atoms with Crippen molar-refractivity contribution in [3.05, 3.63) is 65.9 Å². The molecule has 0 radical (unpaired) electrons. The molecule has 1 fully saturated rings. The van der Waals surface area contributed by atoms with Crippen LogP contribution in [0.25, 0.3) is 11.3 Å². The van der Waals surface area contributed by atoms with Gasteiger partial charge in [-0.3, -0.25) is 4.79 Å². The second-order valence-electron chi connectivity index (χ2n) is 9.08. The highest BCUT2D eigenvalue weighted by atomic mass is 16.5. The molecule has 1 saturated heterocycles. The molecule has 0 saturated carbocycles. The van der Waals surface area contributed by atoms with Crippen molar-refractivity contribution < 1.29 is 19.1 Å². The molecule has 38 heavy (non-hydrogen) atoms. The average molecular weight is 514 g/mol. The van der Waals surface area contributed by atoms with Crippen LogP contribution in [0.15, 0.2) is 54.7 Å². The summed E-state index contributed by atoms with van der Waals surface area (Å²) in [6.07, 6.45) is 5.61. The fourth-order valence-corrected chi connectivity index (χ4v) is 4.28. The summed E-state index contributed by atoms with van der Waals surface area (Å²) in [5.41, 5.74) is 3.00. The van der Waals surface area contributed by atoms with Crippen molar-refractivity contribution in [1.82, 2.24) is 14.9 Å². The molecule has 9 nitrogen and oxygen atoms in total. The number of nitriles is 1. The number of rotatable bonds is 9. The second-order valence-corrected chi connectivity index (χ2v) is 9.08. The van der Waals surface area contributed by atoms with Crippen molar-refractivity contribution in [3.63, 3.8) is 0 Å². The summed E-state index contributed by atoms with van der Waals surface area (Å²) in [7, 11) is 1.34. The predicted octanol–water partition coefficient (Wildman–Crippen LogP) is 5.11. The van der Waals surface area contributed by atoms with Crippen molar-refractivity contribution in [2.75, 3.05) is 25.5 Å². The summed E-state index contributed by atoms with van der Waals surface area (Å²) in [5, 5.41) is 12.9. The number of hydrogen-bond acceptors (Lipinski definition) is 8. The molecule has 1 aliphatic rings. The van der Waals surface area contributed by atoms with E-state index >= 15 is 0 Å². The summed E-state index contributed by atoms with van der Waals surface area (Å²) in [4.78, 5) is 34.7. The minimum Gasteiger partial charge on any atom is -0.489 e. The van der Waals surface area contributed by atoms with Crippen molar-refractivity contribution in [2.24, 2.45) is 0 Å². The standard InChI is InChI=1S/C29H31N5O4/c1-3-4-5-27(35)34-16-13-24(14-17-34)38-26-11-8-21(18-22(26)19-30)25-12-15-31-29(33-25)32-23-9-6-20(7-10-23)28(36)37-2/h6-12,15,18,24H,3-5,13-14,16-17H2,1-2H3,(H,31,32,33). The fraction of sp³-hybridized carbons (Fsp3) is 0.345. The highest BCUT2D eigenvalue weighted by Crippen LogP contribution is 2.28. The average Bonchev–Trinajstić information content (AvgIpc) is 2.96. The van der Waals surface area contributed by atoms with Gasteiger partial charge in [-0.2, -0.15) is 5.26 Å². The molecule has 0 spiro atoms. The number of likely N-dealkylation sites (tertiary alicyclic amines) is 1. The van der Waals surface area contributed by atoms with Crippen LogP contribution < -0.4 is 10.1 Å². The summed E-state index contributed by atoms with van der Waals surface area (Å²) >= 11 is 0. The number of unbranched alkanes of at least 4 members (excludes halogenated alkanes) is 1. The van der Waals surface area contributed by atoms with Gasteiger partial charge in [-0.15, -0.1) is 0 Å². The quantitative estimate of drug-likeness (QED) is 0.393. The number of nitrogens with one attached hydrogen (secondary N) is 1. The normalized spacial score (nSPS) is 13.4. The van der Waals surface area contributed by atoms with Gasteiger partial charge in [-0.05, 0) is 55.0 Å². The monoisotopic (exact) mass is 513 g/mol. The number of esters is 1. The molecule has 196 valence electrons. The zero-order valence-corrected chi connectivity index (χ0v) is 21.6. The maximum Gasteiger partial charge on any atom is 0.337 e. The van der Waals surface area contributed by atoms with Crippen LogP contribution in [0.3, 0.4) is 0 Å². The van der Waals surface area contributed by atoms with Crippen LogP contribution in [-0.2, 0) is 9.53 Å². The number of anilines is 2. The lowest BCUT2D eigenvalue weighted by molar-refractivity contribution is -0.133. The number of aromatic nitrogens is 2. The largest absolute Gasteiger partial charge is 0.489 e. The van der Waals surface area contributed by atoms with E-state index in [1.165, 1.54) is 7.11 Å². The van der Waals surface area contributed by atoms with Gasteiger partial charge in [-0.1, -0.05) is 13.3 Å². The first kappa shape index (κ1) is 26.6. The first-order valence-electron chi connectivity index (χ1n) is 12.8. The van der Waals surface area contributed by atoms with Gasteiger partial charge in [-0.25, -0.2) is 14.8 Å². The number of ether oxygens (including phenoxy) is 2. The highest BCUT2D eigenvalue weighted by Gasteiger charge is 2.24. The number of methoxy groups -OCH3 is 1. The SMILES string of the molecule is CCCCC(=O)N1CCC(Oc2ccc(-c3ccnc(Nc4ccc(C(=O)OC)cc4)n3)cc2C#N)CC1. The van der Waals surface area contributed by atoms with Crippen LogP contribution in [0, 0.1) is 11.3 Å². The zero-order chi connectivity index (χ0) is 26.9. The molecule has 1 N–H and O–H groups in total. The Kier molecular flexibility index (Phi) is 8.88. The van der Waals surface area contributed by atoms with Crippen molar-refractivity contribution in [1.29, 1.82) is 5.26 Å². The molecule has 1 aromatic heterocycles. The van der Waals surface area contributed by atoms with E-state index in [9.17, 15) is 14.9 Å².